The zero-order valence-corrected chi connectivity index (χ0v) is 7.95. The quantitative estimate of drug-likeness (QED) is 0.604. The van der Waals surface area contributed by atoms with E-state index in [0.717, 1.165) is 25.8 Å². The lowest BCUT2D eigenvalue weighted by Gasteiger charge is -2.09. The van der Waals surface area contributed by atoms with Crippen molar-refractivity contribution in [1.29, 1.82) is 0 Å². The first kappa shape index (κ1) is 10.5. The van der Waals surface area contributed by atoms with Crippen molar-refractivity contribution >= 4 is 5.97 Å². The van der Waals surface area contributed by atoms with Gasteiger partial charge in [-0.25, -0.2) is 0 Å². The van der Waals surface area contributed by atoms with Crippen LogP contribution in [0.25, 0.3) is 0 Å². The van der Waals surface area contributed by atoms with Gasteiger partial charge in [0, 0.05) is 0 Å². The minimum Gasteiger partial charge on any atom is -0.468 e. The van der Waals surface area contributed by atoms with Crippen LogP contribution in [0.15, 0.2) is 0 Å². The first-order chi connectivity index (χ1) is 6.22. The number of methoxy groups -OCH3 is 1. The van der Waals surface area contributed by atoms with Gasteiger partial charge in [0.05, 0.1) is 19.8 Å². The number of aliphatic hydroxyl groups excluding tert-OH is 1. The second-order valence-corrected chi connectivity index (χ2v) is 3.54. The van der Waals surface area contributed by atoms with E-state index < -0.39 is 0 Å². The van der Waals surface area contributed by atoms with Gasteiger partial charge in [0.15, 0.2) is 0 Å². The second-order valence-electron chi connectivity index (χ2n) is 3.54. The zero-order chi connectivity index (χ0) is 9.68. The summed E-state index contributed by atoms with van der Waals surface area (Å²) in [5, 5.41) is 12.2. The molecule has 0 aliphatic heterocycles. The number of rotatable bonds is 4. The topological polar surface area (TPSA) is 58.6 Å². The maximum Gasteiger partial charge on any atom is 0.319 e. The average molecular weight is 187 g/mol. The Labute approximate surface area is 78.3 Å². The predicted molar refractivity (Wildman–Crippen MR) is 48.2 cm³/mol. The molecule has 76 valence electrons. The van der Waals surface area contributed by atoms with Crippen molar-refractivity contribution < 1.29 is 14.6 Å². The van der Waals surface area contributed by atoms with Gasteiger partial charge in [-0.2, -0.15) is 0 Å². The van der Waals surface area contributed by atoms with Crippen LogP contribution < -0.4 is 5.32 Å². The summed E-state index contributed by atoms with van der Waals surface area (Å²) in [5.74, 6) is 0.276. The fourth-order valence-electron chi connectivity index (χ4n) is 1.68. The van der Waals surface area contributed by atoms with E-state index in [-0.39, 0.29) is 18.6 Å². The molecule has 1 fully saturated rings. The van der Waals surface area contributed by atoms with Gasteiger partial charge in [0.25, 0.3) is 0 Å². The number of carbonyl (C=O) groups is 1. The number of esters is 1. The van der Waals surface area contributed by atoms with Crippen molar-refractivity contribution in [2.45, 2.75) is 25.4 Å². The highest BCUT2D eigenvalue weighted by Gasteiger charge is 2.22. The molecule has 13 heavy (non-hydrogen) atoms. The molecule has 4 nitrogen and oxygen atoms in total. The molecule has 0 spiro atoms. The van der Waals surface area contributed by atoms with Crippen molar-refractivity contribution in [3.05, 3.63) is 0 Å². The number of aliphatic hydroxyl groups is 1. The molecule has 4 heteroatoms. The monoisotopic (exact) mass is 187 g/mol. The van der Waals surface area contributed by atoms with Crippen LogP contribution in [0.5, 0.6) is 0 Å². The minimum atomic E-state index is -0.237. The minimum absolute atomic E-state index is 0.134. The van der Waals surface area contributed by atoms with Crippen LogP contribution in [0.1, 0.15) is 19.3 Å². The third-order valence-corrected chi connectivity index (χ3v) is 2.44. The van der Waals surface area contributed by atoms with Crippen LogP contribution in [0.3, 0.4) is 0 Å². The first-order valence-electron chi connectivity index (χ1n) is 4.68. The first-order valence-corrected chi connectivity index (χ1v) is 4.68. The molecule has 2 N–H and O–H groups in total. The summed E-state index contributed by atoms with van der Waals surface area (Å²) in [6.07, 6.45) is 2.67. The molecular weight excluding hydrogens is 170 g/mol. The largest absolute Gasteiger partial charge is 0.468 e. The van der Waals surface area contributed by atoms with Crippen molar-refractivity contribution in [3.63, 3.8) is 0 Å². The molecule has 1 rings (SSSR count). The molecule has 0 bridgehead atoms. The van der Waals surface area contributed by atoms with Gasteiger partial charge < -0.3 is 15.2 Å². The highest BCUT2D eigenvalue weighted by molar-refractivity contribution is 5.71. The van der Waals surface area contributed by atoms with Crippen LogP contribution in [-0.4, -0.2) is 37.4 Å². The Morgan fingerprint density at radius 3 is 2.92 bits per heavy atom. The smallest absolute Gasteiger partial charge is 0.319 e. The normalized spacial score (nSPS) is 27.5. The van der Waals surface area contributed by atoms with E-state index in [1.54, 1.807) is 0 Å². The van der Waals surface area contributed by atoms with Gasteiger partial charge in [0.1, 0.15) is 0 Å². The maximum absolute atomic E-state index is 10.7. The Hall–Kier alpha value is -0.610. The fourth-order valence-corrected chi connectivity index (χ4v) is 1.68. The van der Waals surface area contributed by atoms with E-state index in [2.05, 4.69) is 10.1 Å². The molecule has 2 atom stereocenters. The van der Waals surface area contributed by atoms with E-state index in [1.165, 1.54) is 7.11 Å². The number of nitrogens with one attached hydrogen (secondary N) is 1. The lowest BCUT2D eigenvalue weighted by molar-refractivity contribution is -0.139. The van der Waals surface area contributed by atoms with Gasteiger partial charge in [-0.05, 0) is 31.7 Å². The Bertz CT molecular complexity index is 172. The van der Waals surface area contributed by atoms with Crippen LogP contribution in [0.2, 0.25) is 0 Å². The predicted octanol–water partition coefficient (Wildman–Crippen LogP) is -0.0900. The summed E-state index contributed by atoms with van der Waals surface area (Å²) >= 11 is 0. The van der Waals surface area contributed by atoms with Gasteiger partial charge >= 0.3 is 5.97 Å². The molecule has 0 aromatic rings. The Balaban J connectivity index is 2.03. The van der Waals surface area contributed by atoms with E-state index in [9.17, 15) is 9.90 Å². The number of ether oxygens (including phenoxy) is 1. The number of carbonyl (C=O) groups excluding carboxylic acids is 1. The zero-order valence-electron chi connectivity index (χ0n) is 7.95. The standard InChI is InChI=1S/C9H17NO3/c1-13-9(12)6-10-5-7-2-3-8(11)4-7/h7-8,10-11H,2-6H2,1H3. The van der Waals surface area contributed by atoms with Gasteiger partial charge in [-0.15, -0.1) is 0 Å². The van der Waals surface area contributed by atoms with E-state index in [4.69, 9.17) is 0 Å². The van der Waals surface area contributed by atoms with Gasteiger partial charge in [-0.3, -0.25) is 4.79 Å². The summed E-state index contributed by atoms with van der Waals surface area (Å²) < 4.78 is 4.49. The number of hydrogen-bond donors (Lipinski definition) is 2. The molecule has 0 saturated heterocycles. The van der Waals surface area contributed by atoms with Crippen molar-refractivity contribution in [3.8, 4) is 0 Å². The highest BCUT2D eigenvalue weighted by Crippen LogP contribution is 2.24. The van der Waals surface area contributed by atoms with E-state index >= 15 is 0 Å². The van der Waals surface area contributed by atoms with Crippen LogP contribution in [-0.2, 0) is 9.53 Å². The summed E-state index contributed by atoms with van der Waals surface area (Å²) in [6, 6.07) is 0. The molecule has 1 aliphatic rings. The Morgan fingerprint density at radius 1 is 1.62 bits per heavy atom. The van der Waals surface area contributed by atoms with E-state index in [0.29, 0.717) is 5.92 Å². The summed E-state index contributed by atoms with van der Waals surface area (Å²) in [4.78, 5) is 10.7. The molecule has 0 aromatic carbocycles. The molecule has 0 aromatic heterocycles. The van der Waals surface area contributed by atoms with Crippen LogP contribution in [0, 0.1) is 5.92 Å². The van der Waals surface area contributed by atoms with Gasteiger partial charge in [-0.1, -0.05) is 0 Å². The van der Waals surface area contributed by atoms with Gasteiger partial charge in [0.2, 0.25) is 0 Å². The lowest BCUT2D eigenvalue weighted by Crippen LogP contribution is -2.28. The van der Waals surface area contributed by atoms with Crippen molar-refractivity contribution in [1.82, 2.24) is 5.32 Å². The lowest BCUT2D eigenvalue weighted by atomic mass is 10.1. The van der Waals surface area contributed by atoms with Crippen LogP contribution in [0.4, 0.5) is 0 Å². The average Bonchev–Trinajstić information content (AvgIpc) is 2.51. The Kier molecular flexibility index (Phi) is 4.18. The number of hydrogen-bond acceptors (Lipinski definition) is 4. The molecule has 1 saturated carbocycles. The van der Waals surface area contributed by atoms with E-state index in [1.807, 2.05) is 0 Å². The third kappa shape index (κ3) is 3.74. The Morgan fingerprint density at radius 2 is 2.38 bits per heavy atom. The molecule has 0 amide bonds. The molecule has 1 aliphatic carbocycles. The maximum atomic E-state index is 10.7. The third-order valence-electron chi connectivity index (χ3n) is 2.44. The van der Waals surface area contributed by atoms with Crippen molar-refractivity contribution in [2.24, 2.45) is 5.92 Å². The SMILES string of the molecule is COC(=O)CNCC1CCC(O)C1. The molecule has 2 unspecified atom stereocenters. The summed E-state index contributed by atoms with van der Waals surface area (Å²) in [5.41, 5.74) is 0. The second kappa shape index (κ2) is 5.19. The molecule has 0 heterocycles. The highest BCUT2D eigenvalue weighted by atomic mass is 16.5. The fraction of sp³-hybridized carbons (Fsp3) is 0.889. The molecule has 0 radical (unpaired) electrons. The van der Waals surface area contributed by atoms with Crippen LogP contribution >= 0.6 is 0 Å². The summed E-state index contributed by atoms with van der Waals surface area (Å²) in [7, 11) is 1.38. The van der Waals surface area contributed by atoms with Crippen molar-refractivity contribution in [2.75, 3.05) is 20.2 Å². The molecular formula is C9H17NO3. The summed E-state index contributed by atoms with van der Waals surface area (Å²) in [6.45, 7) is 1.06.